The Hall–Kier alpha value is -2.26. The third kappa shape index (κ3) is 4.62. The highest BCUT2D eigenvalue weighted by Crippen LogP contribution is 2.33. The van der Waals surface area contributed by atoms with Gasteiger partial charge in [0, 0.05) is 6.61 Å². The maximum atomic E-state index is 9.57. The van der Waals surface area contributed by atoms with Gasteiger partial charge < -0.3 is 14.6 Å². The van der Waals surface area contributed by atoms with Crippen molar-refractivity contribution in [3.05, 3.63) is 72.3 Å². The number of hydrogen-bond donors (Lipinski definition) is 1. The zero-order chi connectivity index (χ0) is 17.4. The van der Waals surface area contributed by atoms with Crippen molar-refractivity contribution in [1.82, 2.24) is 0 Å². The summed E-state index contributed by atoms with van der Waals surface area (Å²) in [5, 5.41) is 9.57. The molecule has 0 amide bonds. The Morgan fingerprint density at radius 2 is 1.29 bits per heavy atom. The normalized spacial score (nSPS) is 11.1. The average Bonchev–Trinajstić information content (AvgIpc) is 2.63. The van der Waals surface area contributed by atoms with Crippen molar-refractivity contribution in [3.63, 3.8) is 0 Å². The lowest BCUT2D eigenvalue weighted by Crippen LogP contribution is -2.25. The summed E-state index contributed by atoms with van der Waals surface area (Å²) >= 11 is 0. The molecule has 0 spiro atoms. The highest BCUT2D eigenvalue weighted by molar-refractivity contribution is 5.31. The van der Waals surface area contributed by atoms with Crippen molar-refractivity contribution in [1.29, 1.82) is 0 Å². The predicted molar refractivity (Wildman–Crippen MR) is 97.7 cm³/mol. The highest BCUT2D eigenvalue weighted by Gasteiger charge is 2.27. The molecule has 0 heterocycles. The molecule has 3 heteroatoms. The van der Waals surface area contributed by atoms with Crippen molar-refractivity contribution < 1.29 is 14.6 Å². The van der Waals surface area contributed by atoms with E-state index in [0.29, 0.717) is 6.42 Å². The molecule has 0 saturated heterocycles. The van der Waals surface area contributed by atoms with Crippen molar-refractivity contribution >= 4 is 0 Å². The predicted octanol–water partition coefficient (Wildman–Crippen LogP) is 4.04. The molecule has 0 bridgehead atoms. The maximum absolute atomic E-state index is 9.57. The molecular formula is C21H26O3. The third-order valence-corrected chi connectivity index (χ3v) is 4.47. The van der Waals surface area contributed by atoms with Crippen LogP contribution in [-0.2, 0) is 12.8 Å². The van der Waals surface area contributed by atoms with Crippen molar-refractivity contribution in [2.24, 2.45) is 5.41 Å². The maximum Gasteiger partial charge on any atom is 0.118 e. The number of benzene rings is 2. The van der Waals surface area contributed by atoms with E-state index in [1.165, 1.54) is 11.1 Å². The molecule has 2 aromatic rings. The van der Waals surface area contributed by atoms with Crippen LogP contribution >= 0.6 is 0 Å². The van der Waals surface area contributed by atoms with Gasteiger partial charge in [0.05, 0.1) is 14.2 Å². The van der Waals surface area contributed by atoms with Gasteiger partial charge in [-0.1, -0.05) is 30.3 Å². The van der Waals surface area contributed by atoms with E-state index in [-0.39, 0.29) is 12.0 Å². The van der Waals surface area contributed by atoms with Gasteiger partial charge in [0.15, 0.2) is 0 Å². The van der Waals surface area contributed by atoms with Crippen LogP contribution in [-0.4, -0.2) is 25.9 Å². The van der Waals surface area contributed by atoms with Crippen molar-refractivity contribution in [3.8, 4) is 11.5 Å². The first-order valence-corrected chi connectivity index (χ1v) is 8.15. The molecule has 0 unspecified atom stereocenters. The minimum absolute atomic E-state index is 0.137. The fraction of sp³-hybridized carbons (Fsp3) is 0.333. The Balaban J connectivity index is 2.21. The number of hydrogen-bond acceptors (Lipinski definition) is 3. The van der Waals surface area contributed by atoms with E-state index in [1.54, 1.807) is 14.2 Å². The lowest BCUT2D eigenvalue weighted by atomic mass is 9.74. The summed E-state index contributed by atoms with van der Waals surface area (Å²) in [6.45, 7) is 4.19. The van der Waals surface area contributed by atoms with Gasteiger partial charge in [-0.25, -0.2) is 0 Å². The van der Waals surface area contributed by atoms with E-state index in [2.05, 4.69) is 30.8 Å². The first-order chi connectivity index (χ1) is 11.6. The van der Waals surface area contributed by atoms with Crippen molar-refractivity contribution in [2.45, 2.75) is 19.3 Å². The zero-order valence-corrected chi connectivity index (χ0v) is 14.5. The molecule has 0 aromatic heterocycles. The smallest absolute Gasteiger partial charge is 0.118 e. The Morgan fingerprint density at radius 3 is 1.58 bits per heavy atom. The van der Waals surface area contributed by atoms with Crippen LogP contribution in [0.5, 0.6) is 11.5 Å². The minimum Gasteiger partial charge on any atom is -0.497 e. The molecule has 0 atom stereocenters. The van der Waals surface area contributed by atoms with E-state index in [1.807, 2.05) is 30.3 Å². The molecule has 0 aliphatic heterocycles. The molecule has 0 fully saturated rings. The second-order valence-electron chi connectivity index (χ2n) is 6.09. The molecule has 1 N–H and O–H groups in total. The Labute approximate surface area is 144 Å². The first-order valence-electron chi connectivity index (χ1n) is 8.15. The van der Waals surface area contributed by atoms with Gasteiger partial charge in [0.25, 0.3) is 0 Å². The highest BCUT2D eigenvalue weighted by atomic mass is 16.5. The molecule has 24 heavy (non-hydrogen) atoms. The van der Waals surface area contributed by atoms with Crippen LogP contribution in [0.15, 0.2) is 61.2 Å². The Morgan fingerprint density at radius 1 is 0.875 bits per heavy atom. The van der Waals surface area contributed by atoms with Crippen LogP contribution in [0.25, 0.3) is 0 Å². The summed E-state index contributed by atoms with van der Waals surface area (Å²) in [5.41, 5.74) is 2.23. The lowest BCUT2D eigenvalue weighted by Gasteiger charge is -2.30. The molecule has 0 aliphatic carbocycles. The molecule has 3 nitrogen and oxygen atoms in total. The molecule has 0 radical (unpaired) electrons. The quantitative estimate of drug-likeness (QED) is 0.707. The van der Waals surface area contributed by atoms with E-state index in [4.69, 9.17) is 9.47 Å². The summed E-state index contributed by atoms with van der Waals surface area (Å²) in [7, 11) is 3.33. The SMILES string of the molecule is C=CC(CCO)(Cc1ccc(OC)cc1)Cc1ccc(OC)cc1. The second-order valence-corrected chi connectivity index (χ2v) is 6.09. The van der Waals surface area contributed by atoms with Crippen molar-refractivity contribution in [2.75, 3.05) is 20.8 Å². The summed E-state index contributed by atoms with van der Waals surface area (Å²) in [5.74, 6) is 1.69. The molecule has 128 valence electrons. The largest absolute Gasteiger partial charge is 0.497 e. The minimum atomic E-state index is -0.183. The van der Waals surface area contributed by atoms with Crippen LogP contribution in [0.2, 0.25) is 0 Å². The molecule has 2 aromatic carbocycles. The third-order valence-electron chi connectivity index (χ3n) is 4.47. The van der Waals surface area contributed by atoms with E-state index >= 15 is 0 Å². The topological polar surface area (TPSA) is 38.7 Å². The van der Waals surface area contributed by atoms with Gasteiger partial charge in [0.2, 0.25) is 0 Å². The fourth-order valence-electron chi connectivity index (χ4n) is 3.01. The summed E-state index contributed by atoms with van der Waals surface area (Å²) < 4.78 is 10.4. The van der Waals surface area contributed by atoms with E-state index < -0.39 is 0 Å². The van der Waals surface area contributed by atoms with Crippen LogP contribution in [0.4, 0.5) is 0 Å². The Kier molecular flexibility index (Phi) is 6.44. The van der Waals surface area contributed by atoms with Crippen LogP contribution in [0, 0.1) is 5.41 Å². The van der Waals surface area contributed by atoms with Gasteiger partial charge in [-0.2, -0.15) is 0 Å². The Bertz CT molecular complexity index is 580. The van der Waals surface area contributed by atoms with Gasteiger partial charge in [0.1, 0.15) is 11.5 Å². The number of aliphatic hydroxyl groups is 1. The number of aliphatic hydroxyl groups excluding tert-OH is 1. The summed E-state index contributed by atoms with van der Waals surface area (Å²) in [6.07, 6.45) is 4.31. The van der Waals surface area contributed by atoms with E-state index in [9.17, 15) is 5.11 Å². The van der Waals surface area contributed by atoms with Gasteiger partial charge in [-0.05, 0) is 60.1 Å². The van der Waals surface area contributed by atoms with Crippen LogP contribution in [0.3, 0.4) is 0 Å². The standard InChI is InChI=1S/C21H26O3/c1-4-21(13-14-22,15-17-5-9-19(23-2)10-6-17)16-18-7-11-20(24-3)12-8-18/h4-12,22H,1,13-16H2,2-3H3. The molecule has 0 saturated carbocycles. The average molecular weight is 326 g/mol. The summed E-state index contributed by atoms with van der Waals surface area (Å²) in [6, 6.07) is 16.2. The fourth-order valence-corrected chi connectivity index (χ4v) is 3.01. The number of allylic oxidation sites excluding steroid dienone is 1. The first kappa shape index (κ1) is 18.1. The number of ether oxygens (including phenoxy) is 2. The molecule has 2 rings (SSSR count). The van der Waals surface area contributed by atoms with Gasteiger partial charge in [-0.3, -0.25) is 0 Å². The lowest BCUT2D eigenvalue weighted by molar-refractivity contribution is 0.217. The molecule has 0 aliphatic rings. The van der Waals surface area contributed by atoms with Gasteiger partial charge in [-0.15, -0.1) is 6.58 Å². The molecular weight excluding hydrogens is 300 g/mol. The van der Waals surface area contributed by atoms with E-state index in [0.717, 1.165) is 24.3 Å². The zero-order valence-electron chi connectivity index (χ0n) is 14.5. The number of methoxy groups -OCH3 is 2. The number of rotatable bonds is 9. The van der Waals surface area contributed by atoms with Crippen LogP contribution < -0.4 is 9.47 Å². The summed E-state index contributed by atoms with van der Waals surface area (Å²) in [4.78, 5) is 0. The second kappa shape index (κ2) is 8.55. The van der Waals surface area contributed by atoms with Crippen LogP contribution in [0.1, 0.15) is 17.5 Å². The van der Waals surface area contributed by atoms with Gasteiger partial charge >= 0.3 is 0 Å². The monoisotopic (exact) mass is 326 g/mol.